The van der Waals surface area contributed by atoms with E-state index in [-0.39, 0.29) is 10.8 Å². The van der Waals surface area contributed by atoms with Gasteiger partial charge in [0, 0.05) is 13.1 Å². The van der Waals surface area contributed by atoms with E-state index in [9.17, 15) is 31.2 Å². The van der Waals surface area contributed by atoms with Crippen LogP contribution in [0.3, 0.4) is 0 Å². The van der Waals surface area contributed by atoms with E-state index in [1.54, 1.807) is 12.1 Å². The molecular weight excluding hydrogens is 491 g/mol. The third-order valence-corrected chi connectivity index (χ3v) is 5.88. The van der Waals surface area contributed by atoms with Gasteiger partial charge in [-0.05, 0) is 19.1 Å². The molecule has 0 aromatic carbocycles. The Labute approximate surface area is 191 Å². The number of esters is 1. The van der Waals surface area contributed by atoms with Crippen LogP contribution >= 0.6 is 11.6 Å². The predicted molar refractivity (Wildman–Crippen MR) is 112 cm³/mol. The molecule has 2 heterocycles. The molecule has 2 aromatic heterocycles. The largest absolute Gasteiger partial charge is 0.442 e. The number of nitrogens with one attached hydrogen (secondary N) is 1. The number of alkyl halides is 3. The molecule has 0 bridgehead atoms. The fourth-order valence-corrected chi connectivity index (χ4v) is 4.13. The molecule has 0 saturated carbocycles. The maximum Gasteiger partial charge on any atom is 0.390 e. The van der Waals surface area contributed by atoms with Gasteiger partial charge in [0.25, 0.3) is 5.91 Å². The summed E-state index contributed by atoms with van der Waals surface area (Å²) in [6, 6.07) is 3.23. The highest BCUT2D eigenvalue weighted by molar-refractivity contribution is 7.92. The van der Waals surface area contributed by atoms with Crippen LogP contribution in [0.4, 0.5) is 18.9 Å². The maximum atomic E-state index is 13.0. The molecule has 0 aliphatic rings. The minimum atomic E-state index is -4.72. The van der Waals surface area contributed by atoms with Crippen LogP contribution in [0.1, 0.15) is 20.3 Å². The Morgan fingerprint density at radius 2 is 2.03 bits per heavy atom. The van der Waals surface area contributed by atoms with Crippen LogP contribution in [-0.4, -0.2) is 64.7 Å². The van der Waals surface area contributed by atoms with E-state index in [1.807, 2.05) is 0 Å². The first-order chi connectivity index (χ1) is 15.2. The number of hydrogen-bond acceptors (Lipinski definition) is 8. The summed E-state index contributed by atoms with van der Waals surface area (Å²) < 4.78 is 67.4. The quantitative estimate of drug-likeness (QED) is 0.312. The second kappa shape index (κ2) is 10.3. The number of carbonyl (C=O) groups is 2. The predicted octanol–water partition coefficient (Wildman–Crippen LogP) is 2.55. The lowest BCUT2D eigenvalue weighted by atomic mass is 10.3. The Hall–Kier alpha value is -3.00. The van der Waals surface area contributed by atoms with Gasteiger partial charge in [0.15, 0.2) is 21.2 Å². The lowest BCUT2D eigenvalue weighted by Crippen LogP contribution is -2.46. The lowest BCUT2D eigenvalue weighted by Gasteiger charge is -2.27. The normalized spacial score (nSPS) is 12.8. The smallest absolute Gasteiger partial charge is 0.390 e. The Morgan fingerprint density at radius 3 is 2.58 bits per heavy atom. The number of halogens is 4. The number of pyridine rings is 1. The van der Waals surface area contributed by atoms with E-state index >= 15 is 0 Å². The molecule has 2 rings (SSSR count). The zero-order chi connectivity index (χ0) is 25.0. The molecule has 10 nitrogen and oxygen atoms in total. The molecule has 15 heteroatoms. The summed E-state index contributed by atoms with van der Waals surface area (Å²) in [4.78, 5) is 29.0. The molecule has 1 N–H and O–H groups in total. The highest BCUT2D eigenvalue weighted by Crippen LogP contribution is 2.28. The molecular formula is C18H19ClF3N5O5S. The zero-order valence-electron chi connectivity index (χ0n) is 17.3. The monoisotopic (exact) mass is 509 g/mol. The fourth-order valence-electron chi connectivity index (χ4n) is 2.66. The molecule has 0 spiro atoms. The Balaban J connectivity index is 2.36. The fraction of sp³-hybridized carbons (Fsp3) is 0.389. The molecule has 0 aliphatic carbocycles. The molecule has 33 heavy (non-hydrogen) atoms. The first kappa shape index (κ1) is 26.3. The summed E-state index contributed by atoms with van der Waals surface area (Å²) in [5.74, 6) is -4.57. The summed E-state index contributed by atoms with van der Waals surface area (Å²) in [6.07, 6.45) is -3.48. The molecule has 0 fully saturated rings. The van der Waals surface area contributed by atoms with Crippen molar-refractivity contribution in [2.45, 2.75) is 32.7 Å². The molecule has 1 atom stereocenters. The average molecular weight is 510 g/mol. The summed E-state index contributed by atoms with van der Waals surface area (Å²) in [5.41, 5.74) is -0.721. The number of aromatic nitrogens is 3. The maximum absolute atomic E-state index is 13.0. The van der Waals surface area contributed by atoms with Crippen LogP contribution in [0.2, 0.25) is 5.15 Å². The highest BCUT2D eigenvalue weighted by atomic mass is 35.5. The van der Waals surface area contributed by atoms with Crippen molar-refractivity contribution < 1.29 is 35.9 Å². The molecule has 0 saturated heterocycles. The summed E-state index contributed by atoms with van der Waals surface area (Å²) in [7, 11) is -4.43. The highest BCUT2D eigenvalue weighted by Gasteiger charge is 2.34. The molecule has 2 aromatic rings. The van der Waals surface area contributed by atoms with Crippen molar-refractivity contribution in [1.82, 2.24) is 14.8 Å². The van der Waals surface area contributed by atoms with Crippen molar-refractivity contribution in [3.63, 3.8) is 0 Å². The number of anilines is 1. The third kappa shape index (κ3) is 7.53. The Bertz CT molecular complexity index is 1140. The lowest BCUT2D eigenvalue weighted by molar-refractivity contribution is -0.146. The van der Waals surface area contributed by atoms with Gasteiger partial charge in [-0.3, -0.25) is 24.9 Å². The van der Waals surface area contributed by atoms with E-state index < -0.39 is 57.8 Å². The van der Waals surface area contributed by atoms with Crippen LogP contribution in [0, 0.1) is 5.41 Å². The van der Waals surface area contributed by atoms with Crippen molar-refractivity contribution in [3.8, 4) is 5.69 Å². The van der Waals surface area contributed by atoms with Gasteiger partial charge in [-0.15, -0.1) is 0 Å². The second-order valence-electron chi connectivity index (χ2n) is 6.78. The number of carbonyl (C=O) groups excluding carboxylic acids is 2. The number of sulfone groups is 1. The van der Waals surface area contributed by atoms with E-state index in [1.165, 1.54) is 30.2 Å². The summed E-state index contributed by atoms with van der Waals surface area (Å²) in [5, 5.41) is 11.7. The van der Waals surface area contributed by atoms with E-state index in [0.717, 1.165) is 11.8 Å². The third-order valence-electron chi connectivity index (χ3n) is 4.06. The van der Waals surface area contributed by atoms with Crippen molar-refractivity contribution in [2.24, 2.45) is 0 Å². The molecule has 180 valence electrons. The molecule has 1 amide bonds. The van der Waals surface area contributed by atoms with Crippen LogP contribution in [0.15, 0.2) is 30.7 Å². The van der Waals surface area contributed by atoms with E-state index in [4.69, 9.17) is 21.7 Å². The van der Waals surface area contributed by atoms with Gasteiger partial charge in [0.1, 0.15) is 11.4 Å². The van der Waals surface area contributed by atoms with Gasteiger partial charge in [-0.1, -0.05) is 11.6 Å². The number of ether oxygens (including phenoxy) is 1. The standard InChI is InChI=1S/C18H19ClF3N5O5S/c1-11(32-12(2)28)27(15-9-26(25-16(15)19)13-4-3-6-24-8-13)17(29)14(23)10-33(30,31)7-5-18(20,21)22/h3-4,6,8-9,11,23H,5,7,10H2,1-2H3. The van der Waals surface area contributed by atoms with Crippen molar-refractivity contribution in [3.05, 3.63) is 35.9 Å². The zero-order valence-corrected chi connectivity index (χ0v) is 18.9. The van der Waals surface area contributed by atoms with Crippen LogP contribution in [-0.2, 0) is 24.2 Å². The van der Waals surface area contributed by atoms with Crippen molar-refractivity contribution in [1.29, 1.82) is 5.41 Å². The van der Waals surface area contributed by atoms with E-state index in [2.05, 4.69) is 10.1 Å². The number of hydrogen-bond donors (Lipinski definition) is 1. The number of nitrogens with zero attached hydrogens (tertiary/aromatic N) is 4. The van der Waals surface area contributed by atoms with Gasteiger partial charge in [-0.2, -0.15) is 18.3 Å². The first-order valence-corrected chi connectivity index (χ1v) is 11.4. The summed E-state index contributed by atoms with van der Waals surface area (Å²) >= 11 is 6.15. The number of rotatable bonds is 9. The molecule has 0 aliphatic heterocycles. The topological polar surface area (TPSA) is 135 Å². The van der Waals surface area contributed by atoms with Gasteiger partial charge in [-0.25, -0.2) is 13.1 Å². The molecule has 0 radical (unpaired) electrons. The minimum absolute atomic E-state index is 0.128. The molecule has 1 unspecified atom stereocenters. The van der Waals surface area contributed by atoms with Crippen LogP contribution in [0.25, 0.3) is 5.69 Å². The Kier molecular flexibility index (Phi) is 8.19. The van der Waals surface area contributed by atoms with Gasteiger partial charge < -0.3 is 4.74 Å². The van der Waals surface area contributed by atoms with Gasteiger partial charge in [0.05, 0.1) is 36.0 Å². The second-order valence-corrected chi connectivity index (χ2v) is 9.32. The van der Waals surface area contributed by atoms with E-state index in [0.29, 0.717) is 5.69 Å². The van der Waals surface area contributed by atoms with Crippen LogP contribution < -0.4 is 4.90 Å². The van der Waals surface area contributed by atoms with Crippen molar-refractivity contribution in [2.75, 3.05) is 16.4 Å². The SMILES string of the molecule is CC(=O)OC(C)N(C(=O)C(=N)CS(=O)(=O)CCC(F)(F)F)c1cn(-c2cccnc2)nc1Cl. The average Bonchev–Trinajstić information content (AvgIpc) is 3.07. The number of amides is 1. The first-order valence-electron chi connectivity index (χ1n) is 9.21. The van der Waals surface area contributed by atoms with Gasteiger partial charge in [0.2, 0.25) is 0 Å². The minimum Gasteiger partial charge on any atom is -0.442 e. The Morgan fingerprint density at radius 1 is 1.36 bits per heavy atom. The summed E-state index contributed by atoms with van der Waals surface area (Å²) in [6.45, 7) is 2.33. The van der Waals surface area contributed by atoms with Crippen molar-refractivity contribution >= 4 is 44.7 Å². The van der Waals surface area contributed by atoms with Crippen LogP contribution in [0.5, 0.6) is 0 Å². The van der Waals surface area contributed by atoms with Gasteiger partial charge >= 0.3 is 12.1 Å².